The van der Waals surface area contributed by atoms with E-state index in [4.69, 9.17) is 9.47 Å². The van der Waals surface area contributed by atoms with Crippen LogP contribution in [-0.2, 0) is 0 Å². The molecule has 0 N–H and O–H groups in total. The Morgan fingerprint density at radius 2 is 1.42 bits per heavy atom. The molecular formula is C32H27F3O3. The molecule has 0 heterocycles. The van der Waals surface area contributed by atoms with Crippen molar-refractivity contribution >= 4 is 12.0 Å². The van der Waals surface area contributed by atoms with Gasteiger partial charge >= 0.3 is 5.97 Å². The van der Waals surface area contributed by atoms with Crippen molar-refractivity contribution in [2.24, 2.45) is 0 Å². The molecule has 0 aliphatic carbocycles. The minimum absolute atomic E-state index is 0.0762. The third-order valence-corrected chi connectivity index (χ3v) is 5.94. The highest BCUT2D eigenvalue weighted by molar-refractivity contribution is 5.91. The van der Waals surface area contributed by atoms with Crippen molar-refractivity contribution in [1.82, 2.24) is 0 Å². The Bertz CT molecular complexity index is 1390. The molecule has 4 aromatic carbocycles. The van der Waals surface area contributed by atoms with E-state index in [0.29, 0.717) is 17.9 Å². The van der Waals surface area contributed by atoms with Crippen LogP contribution in [0, 0.1) is 11.6 Å². The summed E-state index contributed by atoms with van der Waals surface area (Å²) >= 11 is 0. The van der Waals surface area contributed by atoms with Crippen LogP contribution in [0.25, 0.3) is 28.3 Å². The van der Waals surface area contributed by atoms with Crippen molar-refractivity contribution in [2.75, 3.05) is 13.3 Å². The lowest BCUT2D eigenvalue weighted by atomic mass is 10.0. The van der Waals surface area contributed by atoms with Crippen LogP contribution in [0.4, 0.5) is 13.2 Å². The number of alkyl halides is 1. The summed E-state index contributed by atoms with van der Waals surface area (Å²) in [5.74, 6) is -2.35. The molecule has 38 heavy (non-hydrogen) atoms. The van der Waals surface area contributed by atoms with Crippen molar-refractivity contribution < 1.29 is 27.4 Å². The van der Waals surface area contributed by atoms with Gasteiger partial charge in [-0.3, -0.25) is 0 Å². The molecule has 0 saturated carbocycles. The van der Waals surface area contributed by atoms with Crippen LogP contribution in [0.15, 0.2) is 91.0 Å². The van der Waals surface area contributed by atoms with E-state index in [1.54, 1.807) is 30.3 Å². The van der Waals surface area contributed by atoms with Gasteiger partial charge in [-0.15, -0.1) is 0 Å². The number of carbonyl (C=O) groups excluding carboxylic acids is 1. The topological polar surface area (TPSA) is 35.5 Å². The van der Waals surface area contributed by atoms with Gasteiger partial charge in [0.2, 0.25) is 5.82 Å². The molecule has 4 rings (SSSR count). The van der Waals surface area contributed by atoms with E-state index in [1.165, 1.54) is 30.3 Å². The fraction of sp³-hybridized carbons (Fsp3) is 0.156. The fourth-order valence-electron chi connectivity index (χ4n) is 3.83. The smallest absolute Gasteiger partial charge is 0.343 e. The van der Waals surface area contributed by atoms with Gasteiger partial charge in [0.15, 0.2) is 11.6 Å². The first-order valence-electron chi connectivity index (χ1n) is 12.4. The molecule has 0 radical (unpaired) electrons. The SMILES string of the molecule is CCCCOc1ccc(-c2ccc(C(=O)Oc3ccc(-c4ccc(/C=C/CF)cc4)cc3)cc2)c(F)c1F. The monoisotopic (exact) mass is 516 g/mol. The number of ether oxygens (including phenoxy) is 2. The Morgan fingerprint density at radius 3 is 2.05 bits per heavy atom. The summed E-state index contributed by atoms with van der Waals surface area (Å²) in [6.45, 7) is 1.80. The quantitative estimate of drug-likeness (QED) is 0.120. The molecule has 0 amide bonds. The zero-order chi connectivity index (χ0) is 26.9. The van der Waals surface area contributed by atoms with Crippen molar-refractivity contribution in [3.8, 4) is 33.8 Å². The lowest BCUT2D eigenvalue weighted by Crippen LogP contribution is -2.08. The van der Waals surface area contributed by atoms with Gasteiger partial charge in [0, 0.05) is 5.56 Å². The van der Waals surface area contributed by atoms with Crippen LogP contribution in [-0.4, -0.2) is 19.3 Å². The lowest BCUT2D eigenvalue weighted by Gasteiger charge is -2.11. The van der Waals surface area contributed by atoms with E-state index in [2.05, 4.69) is 0 Å². The number of benzene rings is 4. The second-order valence-corrected chi connectivity index (χ2v) is 8.61. The maximum Gasteiger partial charge on any atom is 0.343 e. The first-order chi connectivity index (χ1) is 18.5. The number of carbonyl (C=O) groups is 1. The van der Waals surface area contributed by atoms with E-state index >= 15 is 0 Å². The second-order valence-electron chi connectivity index (χ2n) is 8.61. The first-order valence-corrected chi connectivity index (χ1v) is 12.4. The summed E-state index contributed by atoms with van der Waals surface area (Å²) in [6, 6.07) is 23.7. The molecule has 194 valence electrons. The molecule has 3 nitrogen and oxygen atoms in total. The summed E-state index contributed by atoms with van der Waals surface area (Å²) < 4.78 is 52.2. The predicted molar refractivity (Wildman–Crippen MR) is 144 cm³/mol. The molecular weight excluding hydrogens is 489 g/mol. The molecule has 0 fully saturated rings. The summed E-state index contributed by atoms with van der Waals surface area (Å²) in [5.41, 5.74) is 3.59. The van der Waals surface area contributed by atoms with Crippen LogP contribution in [0.5, 0.6) is 11.5 Å². The summed E-state index contributed by atoms with van der Waals surface area (Å²) in [7, 11) is 0. The molecule has 6 heteroatoms. The molecule has 0 unspecified atom stereocenters. The maximum absolute atomic E-state index is 14.7. The standard InChI is InChI=1S/C32H27F3O3/c1-2-3-21-37-29-19-18-28(30(34)31(29)35)25-10-12-26(13-11-25)32(36)38-27-16-14-24(15-17-27)23-8-6-22(7-9-23)5-4-20-33/h4-19H,2-3,20-21H2,1H3/b5-4+. The number of esters is 1. The van der Waals surface area contributed by atoms with Crippen LogP contribution >= 0.6 is 0 Å². The number of halogens is 3. The molecule has 0 aliphatic rings. The van der Waals surface area contributed by atoms with Gasteiger partial charge in [-0.25, -0.2) is 13.6 Å². The first kappa shape index (κ1) is 26.7. The third kappa shape index (κ3) is 6.51. The molecule has 0 aliphatic heterocycles. The highest BCUT2D eigenvalue weighted by Crippen LogP contribution is 2.30. The summed E-state index contributed by atoms with van der Waals surface area (Å²) in [6.07, 6.45) is 4.80. The van der Waals surface area contributed by atoms with Crippen molar-refractivity contribution in [2.45, 2.75) is 19.8 Å². The average molecular weight is 517 g/mol. The minimum atomic E-state index is -1.03. The van der Waals surface area contributed by atoms with Crippen molar-refractivity contribution in [1.29, 1.82) is 0 Å². The zero-order valence-electron chi connectivity index (χ0n) is 20.9. The predicted octanol–water partition coefficient (Wildman–Crippen LogP) is 8.68. The molecule has 0 spiro atoms. The van der Waals surface area contributed by atoms with Gasteiger partial charge in [0.25, 0.3) is 0 Å². The van der Waals surface area contributed by atoms with Crippen LogP contribution < -0.4 is 9.47 Å². The Kier molecular flexibility index (Phi) is 8.98. The van der Waals surface area contributed by atoms with E-state index in [-0.39, 0.29) is 16.9 Å². The van der Waals surface area contributed by atoms with Crippen molar-refractivity contribution in [3.05, 3.63) is 114 Å². The molecule has 0 bridgehead atoms. The van der Waals surface area contributed by atoms with Gasteiger partial charge in [-0.1, -0.05) is 74.0 Å². The number of hydrogen-bond donors (Lipinski definition) is 0. The molecule has 0 atom stereocenters. The Balaban J connectivity index is 1.41. The molecule has 4 aromatic rings. The van der Waals surface area contributed by atoms with Crippen LogP contribution in [0.2, 0.25) is 0 Å². The number of unbranched alkanes of at least 4 members (excludes halogenated alkanes) is 1. The summed E-state index contributed by atoms with van der Waals surface area (Å²) in [5, 5.41) is 0. The highest BCUT2D eigenvalue weighted by Gasteiger charge is 2.17. The van der Waals surface area contributed by atoms with E-state index in [1.807, 2.05) is 43.3 Å². The van der Waals surface area contributed by atoms with Gasteiger partial charge in [-0.2, -0.15) is 4.39 Å². The lowest BCUT2D eigenvalue weighted by molar-refractivity contribution is 0.0735. The van der Waals surface area contributed by atoms with Crippen molar-refractivity contribution in [3.63, 3.8) is 0 Å². The fourth-order valence-corrected chi connectivity index (χ4v) is 3.83. The third-order valence-electron chi connectivity index (χ3n) is 5.94. The Hall–Kier alpha value is -4.32. The van der Waals surface area contributed by atoms with Gasteiger partial charge in [-0.05, 0) is 65.1 Å². The average Bonchev–Trinajstić information content (AvgIpc) is 2.95. The molecule has 0 saturated heterocycles. The summed E-state index contributed by atoms with van der Waals surface area (Å²) in [4.78, 5) is 12.6. The molecule has 0 aromatic heterocycles. The zero-order valence-corrected chi connectivity index (χ0v) is 20.9. The minimum Gasteiger partial charge on any atom is -0.490 e. The maximum atomic E-state index is 14.7. The van der Waals surface area contributed by atoms with Gasteiger partial charge in [0.05, 0.1) is 12.2 Å². The second kappa shape index (κ2) is 12.8. The normalized spacial score (nSPS) is 11.1. The van der Waals surface area contributed by atoms with E-state index < -0.39 is 24.3 Å². The highest BCUT2D eigenvalue weighted by atomic mass is 19.2. The van der Waals surface area contributed by atoms with E-state index in [0.717, 1.165) is 29.5 Å². The largest absolute Gasteiger partial charge is 0.490 e. The Morgan fingerprint density at radius 1 is 0.789 bits per heavy atom. The van der Waals surface area contributed by atoms with Gasteiger partial charge < -0.3 is 9.47 Å². The van der Waals surface area contributed by atoms with Crippen LogP contribution in [0.1, 0.15) is 35.7 Å². The number of hydrogen-bond acceptors (Lipinski definition) is 3. The number of allylic oxidation sites excluding steroid dienone is 1. The van der Waals surface area contributed by atoms with Gasteiger partial charge in [0.1, 0.15) is 12.4 Å². The number of rotatable bonds is 10. The Labute approximate surface area is 220 Å². The van der Waals surface area contributed by atoms with E-state index in [9.17, 15) is 18.0 Å². The van der Waals surface area contributed by atoms with Crippen LogP contribution in [0.3, 0.4) is 0 Å².